The van der Waals surface area contributed by atoms with Crippen LogP contribution in [0.3, 0.4) is 0 Å². The molecule has 1 atom stereocenters. The van der Waals surface area contributed by atoms with Gasteiger partial charge in [-0.25, -0.2) is 10.0 Å². The molecule has 0 radical (unpaired) electrons. The molecular weight excluding hydrogens is 508 g/mol. The summed E-state index contributed by atoms with van der Waals surface area (Å²) in [6, 6.07) is 10.7. The maximum Gasteiger partial charge on any atom is 0.132 e. The third-order valence-electron chi connectivity index (χ3n) is 6.72. The molecule has 1 aromatic heterocycles. The van der Waals surface area contributed by atoms with Crippen LogP contribution >= 0.6 is 22.9 Å². The van der Waals surface area contributed by atoms with E-state index in [0.29, 0.717) is 5.16 Å². The first kappa shape index (κ1) is 29.4. The van der Waals surface area contributed by atoms with E-state index < -0.39 is 0 Å². The van der Waals surface area contributed by atoms with Gasteiger partial charge < -0.3 is 4.90 Å². The van der Waals surface area contributed by atoms with E-state index >= 15 is 0 Å². The van der Waals surface area contributed by atoms with Gasteiger partial charge in [-0.1, -0.05) is 67.3 Å². The number of hydrogen-bond donors (Lipinski definition) is 0. The third-order valence-corrected chi connectivity index (χ3v) is 8.01. The first-order chi connectivity index (χ1) is 18.2. The molecule has 1 aromatic carbocycles. The summed E-state index contributed by atoms with van der Waals surface area (Å²) in [6.45, 7) is 14.0. The molecule has 3 rings (SSSR count). The zero-order valence-corrected chi connectivity index (χ0v) is 25.0. The van der Waals surface area contributed by atoms with Gasteiger partial charge in [0, 0.05) is 49.2 Å². The molecular formula is C32H39ClN4S. The molecule has 0 saturated carbocycles. The topological polar surface area (TPSA) is 22.1 Å². The van der Waals surface area contributed by atoms with Crippen molar-refractivity contribution in [2.24, 2.45) is 4.99 Å². The fourth-order valence-electron chi connectivity index (χ4n) is 4.62. The van der Waals surface area contributed by atoms with Crippen molar-refractivity contribution in [1.29, 1.82) is 0 Å². The van der Waals surface area contributed by atoms with Crippen molar-refractivity contribution < 1.29 is 0 Å². The predicted octanol–water partition coefficient (Wildman–Crippen LogP) is 8.84. The molecule has 0 spiro atoms. The molecule has 2 aromatic rings. The highest BCUT2D eigenvalue weighted by Gasteiger charge is 2.28. The number of para-hydroxylation sites is 1. The third kappa shape index (κ3) is 6.84. The van der Waals surface area contributed by atoms with Crippen LogP contribution in [0.5, 0.6) is 0 Å². The minimum Gasteiger partial charge on any atom is -0.370 e. The second-order valence-corrected chi connectivity index (χ2v) is 10.8. The minimum atomic E-state index is 0.190. The number of hydrazine groups is 1. The standard InChI is InChI=1S/C32H39ClN4S/c1-9-14-25(29-15-12-13-16-31(29)37(19-10-2)35(6)7)20-27-17-18-30(36(27)8)24(5)34-32(33)23(4)26-21-28(11-3)38-22-26/h9-16,19-22,30H,1,3,17-18H2,2,4-8H3/b19-10?,25-14+,27-20-,32-23+,34-24?. The molecule has 1 saturated heterocycles. The van der Waals surface area contributed by atoms with Crippen molar-refractivity contribution in [1.82, 2.24) is 9.91 Å². The van der Waals surface area contributed by atoms with Crippen LogP contribution in [0.1, 0.15) is 49.6 Å². The van der Waals surface area contributed by atoms with E-state index in [0.717, 1.165) is 51.4 Å². The van der Waals surface area contributed by atoms with Crippen molar-refractivity contribution >= 4 is 51.6 Å². The summed E-state index contributed by atoms with van der Waals surface area (Å²) in [7, 11) is 6.23. The molecule has 1 aliphatic rings. The van der Waals surface area contributed by atoms with Gasteiger partial charge in [-0.15, -0.1) is 11.3 Å². The second kappa shape index (κ2) is 13.6. The van der Waals surface area contributed by atoms with Crippen LogP contribution in [0.4, 0.5) is 5.69 Å². The Balaban J connectivity index is 1.92. The average molecular weight is 547 g/mol. The van der Waals surface area contributed by atoms with Crippen molar-refractivity contribution in [3.05, 3.63) is 106 Å². The molecule has 1 aliphatic heterocycles. The maximum atomic E-state index is 6.68. The van der Waals surface area contributed by atoms with Gasteiger partial charge in [0.15, 0.2) is 0 Å². The monoisotopic (exact) mass is 546 g/mol. The molecule has 4 nitrogen and oxygen atoms in total. The van der Waals surface area contributed by atoms with Crippen LogP contribution in [-0.2, 0) is 0 Å². The van der Waals surface area contributed by atoms with Crippen molar-refractivity contribution in [3.8, 4) is 0 Å². The highest BCUT2D eigenvalue weighted by atomic mass is 35.5. The molecule has 0 N–H and O–H groups in total. The molecule has 1 unspecified atom stereocenters. The first-order valence-corrected chi connectivity index (χ1v) is 14.0. The van der Waals surface area contributed by atoms with E-state index in [1.165, 1.54) is 5.70 Å². The van der Waals surface area contributed by atoms with Crippen molar-refractivity contribution in [3.63, 3.8) is 0 Å². The van der Waals surface area contributed by atoms with E-state index in [4.69, 9.17) is 16.6 Å². The van der Waals surface area contributed by atoms with Crippen LogP contribution in [0.2, 0.25) is 0 Å². The molecule has 0 aliphatic carbocycles. The fraction of sp³-hybridized carbons (Fsp3) is 0.281. The lowest BCUT2D eigenvalue weighted by molar-refractivity contribution is 0.413. The van der Waals surface area contributed by atoms with Gasteiger partial charge in [-0.05, 0) is 73.9 Å². The molecule has 6 heteroatoms. The summed E-state index contributed by atoms with van der Waals surface area (Å²) in [5, 5.41) is 6.85. The number of thiophene rings is 1. The Kier molecular flexibility index (Phi) is 10.5. The van der Waals surface area contributed by atoms with Crippen LogP contribution in [0.25, 0.3) is 17.2 Å². The number of hydrogen-bond acceptors (Lipinski definition) is 5. The van der Waals surface area contributed by atoms with Gasteiger partial charge in [0.05, 0.1) is 11.7 Å². The number of nitrogens with zero attached hydrogens (tertiary/aromatic N) is 4. The van der Waals surface area contributed by atoms with Gasteiger partial charge >= 0.3 is 0 Å². The maximum absolute atomic E-state index is 6.68. The minimum absolute atomic E-state index is 0.190. The summed E-state index contributed by atoms with van der Waals surface area (Å²) in [5.74, 6) is 0. The number of rotatable bonds is 10. The van der Waals surface area contributed by atoms with Crippen LogP contribution in [0, 0.1) is 0 Å². The normalized spacial score (nSPS) is 18.5. The first-order valence-electron chi connectivity index (χ1n) is 12.8. The second-order valence-electron chi connectivity index (χ2n) is 9.46. The van der Waals surface area contributed by atoms with Gasteiger partial charge in [0.25, 0.3) is 0 Å². The SMILES string of the molecule is C=C/C=C(\C=C1\CCC(C(C)=N/C(Cl)=C(\C)c2csc(C=C)c2)N1C)c1ccccc1N(C=CC)N(C)C. The molecule has 1 fully saturated rings. The zero-order chi connectivity index (χ0) is 27.8. The van der Waals surface area contributed by atoms with Crippen molar-refractivity contribution in [2.45, 2.75) is 39.7 Å². The van der Waals surface area contributed by atoms with Gasteiger partial charge in [0.2, 0.25) is 0 Å². The smallest absolute Gasteiger partial charge is 0.132 e. The number of likely N-dealkylation sites (tertiary alicyclic amines) is 1. The van der Waals surface area contributed by atoms with E-state index in [1.807, 2.05) is 46.2 Å². The van der Waals surface area contributed by atoms with Crippen LogP contribution in [-0.4, -0.2) is 42.8 Å². The lowest BCUT2D eigenvalue weighted by atomic mass is 10.0. The Morgan fingerprint density at radius 3 is 2.58 bits per heavy atom. The quantitative estimate of drug-likeness (QED) is 0.129. The number of aliphatic imine (C=N–C) groups is 1. The van der Waals surface area contributed by atoms with Gasteiger partial charge in [-0.2, -0.15) is 0 Å². The average Bonchev–Trinajstić information content (AvgIpc) is 3.53. The van der Waals surface area contributed by atoms with Gasteiger partial charge in [0.1, 0.15) is 5.16 Å². The van der Waals surface area contributed by atoms with E-state index in [1.54, 1.807) is 11.3 Å². The summed E-state index contributed by atoms with van der Waals surface area (Å²) < 4.78 is 0. The summed E-state index contributed by atoms with van der Waals surface area (Å²) in [4.78, 5) is 8.28. The van der Waals surface area contributed by atoms with E-state index in [9.17, 15) is 0 Å². The summed E-state index contributed by atoms with van der Waals surface area (Å²) >= 11 is 8.34. The number of benzene rings is 1. The Labute approximate surface area is 237 Å². The lowest BCUT2D eigenvalue weighted by Crippen LogP contribution is -2.32. The number of halogens is 1. The fourth-order valence-corrected chi connectivity index (χ4v) is 5.66. The molecule has 200 valence electrons. The van der Waals surface area contributed by atoms with Gasteiger partial charge in [-0.3, -0.25) is 5.01 Å². The lowest BCUT2D eigenvalue weighted by Gasteiger charge is -2.30. The Morgan fingerprint density at radius 2 is 1.95 bits per heavy atom. The Morgan fingerprint density at radius 1 is 1.21 bits per heavy atom. The molecule has 38 heavy (non-hydrogen) atoms. The zero-order valence-electron chi connectivity index (χ0n) is 23.4. The summed E-state index contributed by atoms with van der Waals surface area (Å²) in [6.07, 6.45) is 14.1. The number of anilines is 1. The Bertz CT molecular complexity index is 1310. The number of allylic oxidation sites excluding steroid dienone is 7. The van der Waals surface area contributed by atoms with Crippen LogP contribution < -0.4 is 5.01 Å². The largest absolute Gasteiger partial charge is 0.370 e. The Hall–Kier alpha value is -3.12. The van der Waals surface area contributed by atoms with Crippen LogP contribution in [0.15, 0.2) is 95.2 Å². The van der Waals surface area contributed by atoms with E-state index in [-0.39, 0.29) is 6.04 Å². The summed E-state index contributed by atoms with van der Waals surface area (Å²) in [5.41, 5.74) is 7.72. The predicted molar refractivity (Wildman–Crippen MR) is 170 cm³/mol. The van der Waals surface area contributed by atoms with E-state index in [2.05, 4.69) is 96.1 Å². The highest BCUT2D eigenvalue weighted by Crippen LogP contribution is 2.34. The molecule has 2 heterocycles. The molecule has 0 bridgehead atoms. The molecule has 0 amide bonds. The van der Waals surface area contributed by atoms with Crippen molar-refractivity contribution in [2.75, 3.05) is 26.2 Å². The highest BCUT2D eigenvalue weighted by molar-refractivity contribution is 7.11.